The lowest BCUT2D eigenvalue weighted by molar-refractivity contribution is 0.305. The molecule has 0 bridgehead atoms. The Morgan fingerprint density at radius 2 is 2.31 bits per heavy atom. The molecule has 0 amide bonds. The molecule has 0 radical (unpaired) electrons. The van der Waals surface area contributed by atoms with Crippen LogP contribution in [0.2, 0.25) is 0 Å². The first kappa shape index (κ1) is 8.29. The molecule has 0 aromatic carbocycles. The van der Waals surface area contributed by atoms with Crippen molar-refractivity contribution in [2.45, 2.75) is 0 Å². The van der Waals surface area contributed by atoms with Gasteiger partial charge in [0.15, 0.2) is 0 Å². The lowest BCUT2D eigenvalue weighted by atomic mass is 10.0. The average molecular weight is 181 g/mol. The fourth-order valence-corrected chi connectivity index (χ4v) is 1.44. The van der Waals surface area contributed by atoms with E-state index in [2.05, 4.69) is 4.98 Å². The lowest BCUT2D eigenvalue weighted by Crippen LogP contribution is -2.48. The number of hydrogen-bond donors (Lipinski definition) is 1. The van der Waals surface area contributed by atoms with Gasteiger partial charge in [-0.05, 0) is 12.1 Å². The van der Waals surface area contributed by atoms with E-state index in [-0.39, 0.29) is 12.6 Å². The minimum absolute atomic E-state index is 0.194. The number of pyridine rings is 1. The Kier molecular flexibility index (Phi) is 2.04. The lowest BCUT2D eigenvalue weighted by Gasteiger charge is -2.38. The summed E-state index contributed by atoms with van der Waals surface area (Å²) in [6, 6.07) is 3.68. The third-order valence-corrected chi connectivity index (χ3v) is 2.27. The highest BCUT2D eigenvalue weighted by atomic mass is 19.1. The number of halogens is 1. The van der Waals surface area contributed by atoms with E-state index in [1.54, 1.807) is 6.20 Å². The number of nitrogen functional groups attached to an aromatic ring is 1. The second-order valence-electron chi connectivity index (χ2n) is 3.38. The van der Waals surface area contributed by atoms with Crippen molar-refractivity contribution < 1.29 is 4.39 Å². The zero-order valence-electron chi connectivity index (χ0n) is 7.28. The van der Waals surface area contributed by atoms with Crippen molar-refractivity contribution in [2.75, 3.05) is 30.4 Å². The van der Waals surface area contributed by atoms with Gasteiger partial charge in [0.05, 0.1) is 18.6 Å². The zero-order valence-corrected chi connectivity index (χ0v) is 7.28. The SMILES string of the molecule is Nc1ccc(N2CC(CF)C2)nc1. The van der Waals surface area contributed by atoms with Gasteiger partial charge in [0.1, 0.15) is 5.82 Å². The van der Waals surface area contributed by atoms with Gasteiger partial charge in [-0.2, -0.15) is 0 Å². The molecule has 13 heavy (non-hydrogen) atoms. The summed E-state index contributed by atoms with van der Waals surface area (Å²) in [5.41, 5.74) is 6.16. The number of nitrogens with two attached hydrogens (primary N) is 1. The summed E-state index contributed by atoms with van der Waals surface area (Å²) >= 11 is 0. The molecule has 1 aromatic rings. The van der Waals surface area contributed by atoms with Crippen molar-refractivity contribution in [1.82, 2.24) is 4.98 Å². The molecule has 0 aliphatic carbocycles. The van der Waals surface area contributed by atoms with E-state index in [1.807, 2.05) is 17.0 Å². The molecule has 0 saturated carbocycles. The van der Waals surface area contributed by atoms with Gasteiger partial charge < -0.3 is 10.6 Å². The second kappa shape index (κ2) is 3.20. The number of rotatable bonds is 2. The Balaban J connectivity index is 1.99. The first-order chi connectivity index (χ1) is 6.29. The molecule has 70 valence electrons. The van der Waals surface area contributed by atoms with Gasteiger partial charge in [0, 0.05) is 19.0 Å². The molecule has 2 N–H and O–H groups in total. The molecule has 2 heterocycles. The Labute approximate surface area is 76.4 Å². The van der Waals surface area contributed by atoms with Gasteiger partial charge in [-0.3, -0.25) is 4.39 Å². The summed E-state index contributed by atoms with van der Waals surface area (Å²) in [7, 11) is 0. The van der Waals surface area contributed by atoms with E-state index < -0.39 is 0 Å². The molecule has 0 unspecified atom stereocenters. The van der Waals surface area contributed by atoms with Crippen LogP contribution in [0.5, 0.6) is 0 Å². The summed E-state index contributed by atoms with van der Waals surface area (Å²) in [4.78, 5) is 6.19. The van der Waals surface area contributed by atoms with Gasteiger partial charge in [0.25, 0.3) is 0 Å². The third kappa shape index (κ3) is 1.56. The molecule has 1 aliphatic rings. The van der Waals surface area contributed by atoms with E-state index in [1.165, 1.54) is 0 Å². The van der Waals surface area contributed by atoms with Crippen LogP contribution in [0.4, 0.5) is 15.9 Å². The predicted molar refractivity (Wildman–Crippen MR) is 50.3 cm³/mol. The van der Waals surface area contributed by atoms with Crippen molar-refractivity contribution in [2.24, 2.45) is 5.92 Å². The fourth-order valence-electron chi connectivity index (χ4n) is 1.44. The summed E-state index contributed by atoms with van der Waals surface area (Å²) in [6.07, 6.45) is 1.62. The molecule has 1 aliphatic heterocycles. The minimum Gasteiger partial charge on any atom is -0.397 e. The van der Waals surface area contributed by atoms with Crippen molar-refractivity contribution >= 4 is 11.5 Å². The largest absolute Gasteiger partial charge is 0.397 e. The number of anilines is 2. The first-order valence-corrected chi connectivity index (χ1v) is 4.32. The molecule has 3 nitrogen and oxygen atoms in total. The zero-order chi connectivity index (χ0) is 9.26. The van der Waals surface area contributed by atoms with Gasteiger partial charge in [-0.1, -0.05) is 0 Å². The maximum absolute atomic E-state index is 12.1. The maximum Gasteiger partial charge on any atom is 0.128 e. The van der Waals surface area contributed by atoms with Crippen LogP contribution in [0.25, 0.3) is 0 Å². The van der Waals surface area contributed by atoms with Crippen LogP contribution in [-0.2, 0) is 0 Å². The smallest absolute Gasteiger partial charge is 0.128 e. The molecular weight excluding hydrogens is 169 g/mol. The van der Waals surface area contributed by atoms with Gasteiger partial charge in [0.2, 0.25) is 0 Å². The minimum atomic E-state index is -0.231. The fraction of sp³-hybridized carbons (Fsp3) is 0.444. The predicted octanol–water partition coefficient (Wildman–Crippen LogP) is 1.07. The van der Waals surface area contributed by atoms with Crippen molar-refractivity contribution in [3.05, 3.63) is 18.3 Å². The van der Waals surface area contributed by atoms with E-state index in [0.717, 1.165) is 18.9 Å². The summed E-state index contributed by atoms with van der Waals surface area (Å²) < 4.78 is 12.1. The molecule has 1 aromatic heterocycles. The quantitative estimate of drug-likeness (QED) is 0.742. The molecule has 4 heteroatoms. The highest BCUT2D eigenvalue weighted by Gasteiger charge is 2.27. The van der Waals surface area contributed by atoms with Gasteiger partial charge in [-0.15, -0.1) is 0 Å². The monoisotopic (exact) mass is 181 g/mol. The molecule has 1 saturated heterocycles. The van der Waals surface area contributed by atoms with Crippen molar-refractivity contribution in [3.63, 3.8) is 0 Å². The van der Waals surface area contributed by atoms with Crippen molar-refractivity contribution in [3.8, 4) is 0 Å². The van der Waals surface area contributed by atoms with E-state index in [9.17, 15) is 4.39 Å². The number of nitrogens with zero attached hydrogens (tertiary/aromatic N) is 2. The summed E-state index contributed by atoms with van der Waals surface area (Å²) in [5.74, 6) is 1.08. The highest BCUT2D eigenvalue weighted by Crippen LogP contribution is 2.22. The standard InChI is InChI=1S/C9H12FN3/c10-3-7-5-13(6-7)9-2-1-8(11)4-12-9/h1-2,4,7H,3,5-6,11H2. The second-order valence-corrected chi connectivity index (χ2v) is 3.38. The van der Waals surface area contributed by atoms with Crippen LogP contribution < -0.4 is 10.6 Å². The average Bonchev–Trinajstić information content (AvgIpc) is 2.06. The Hall–Kier alpha value is -1.32. The highest BCUT2D eigenvalue weighted by molar-refractivity contribution is 5.47. The molecule has 2 rings (SSSR count). The number of aromatic nitrogens is 1. The summed E-state index contributed by atoms with van der Waals surface area (Å²) in [5, 5.41) is 0. The maximum atomic E-state index is 12.1. The van der Waals surface area contributed by atoms with Crippen LogP contribution in [0, 0.1) is 5.92 Å². The van der Waals surface area contributed by atoms with Crippen molar-refractivity contribution in [1.29, 1.82) is 0 Å². The van der Waals surface area contributed by atoms with Crippen LogP contribution in [-0.4, -0.2) is 24.7 Å². The molecular formula is C9H12FN3. The van der Waals surface area contributed by atoms with Crippen LogP contribution >= 0.6 is 0 Å². The van der Waals surface area contributed by atoms with Gasteiger partial charge in [-0.25, -0.2) is 4.98 Å². The molecule has 1 fully saturated rings. The van der Waals surface area contributed by atoms with E-state index in [0.29, 0.717) is 5.69 Å². The van der Waals surface area contributed by atoms with E-state index in [4.69, 9.17) is 5.73 Å². The Morgan fingerprint density at radius 3 is 2.85 bits per heavy atom. The summed E-state index contributed by atoms with van der Waals surface area (Å²) in [6.45, 7) is 1.31. The number of alkyl halides is 1. The molecule has 0 spiro atoms. The van der Waals surface area contributed by atoms with Crippen LogP contribution in [0.15, 0.2) is 18.3 Å². The topological polar surface area (TPSA) is 42.1 Å². The van der Waals surface area contributed by atoms with Gasteiger partial charge >= 0.3 is 0 Å². The van der Waals surface area contributed by atoms with E-state index >= 15 is 0 Å². The molecule has 0 atom stereocenters. The number of hydrogen-bond acceptors (Lipinski definition) is 3. The normalized spacial score (nSPS) is 17.2. The third-order valence-electron chi connectivity index (χ3n) is 2.27. The first-order valence-electron chi connectivity index (χ1n) is 4.32. The van der Waals surface area contributed by atoms with Crippen LogP contribution in [0.1, 0.15) is 0 Å². The Morgan fingerprint density at radius 1 is 1.54 bits per heavy atom. The Bertz CT molecular complexity index is 279. The van der Waals surface area contributed by atoms with Crippen LogP contribution in [0.3, 0.4) is 0 Å².